The number of carbonyl (C=O) groups excluding carboxylic acids is 1. The molecule has 1 amide bonds. The van der Waals surface area contributed by atoms with Gasteiger partial charge in [0.05, 0.1) is 23.6 Å². The molecule has 6 nitrogen and oxygen atoms in total. The number of anilines is 2. The minimum atomic E-state index is -0.542. The van der Waals surface area contributed by atoms with Crippen LogP contribution >= 0.6 is 0 Å². The van der Waals surface area contributed by atoms with Gasteiger partial charge in [0.15, 0.2) is 0 Å². The van der Waals surface area contributed by atoms with Crippen molar-refractivity contribution in [2.24, 2.45) is 0 Å². The maximum atomic E-state index is 12.6. The molecule has 0 radical (unpaired) electrons. The van der Waals surface area contributed by atoms with Gasteiger partial charge in [-0.2, -0.15) is 0 Å². The van der Waals surface area contributed by atoms with E-state index in [1.807, 2.05) is 20.8 Å². The summed E-state index contributed by atoms with van der Waals surface area (Å²) in [5.74, 6) is 0. The fourth-order valence-corrected chi connectivity index (χ4v) is 2.43. The van der Waals surface area contributed by atoms with E-state index in [0.29, 0.717) is 11.4 Å². The highest BCUT2D eigenvalue weighted by atomic mass is 16.6. The molecule has 21 heavy (non-hydrogen) atoms. The fourth-order valence-electron chi connectivity index (χ4n) is 2.43. The lowest BCUT2D eigenvalue weighted by molar-refractivity contribution is 0.0560. The predicted molar refractivity (Wildman–Crippen MR) is 83.3 cm³/mol. The third kappa shape index (κ3) is 4.07. The van der Waals surface area contributed by atoms with Crippen LogP contribution in [0.25, 0.3) is 0 Å². The number of amides is 1. The topological polar surface area (TPSA) is 80.5 Å². The van der Waals surface area contributed by atoms with E-state index in [4.69, 9.17) is 10.5 Å². The average Bonchev–Trinajstić information content (AvgIpc) is 2.40. The SMILES string of the molecule is CC(C)(C)OC(=O)N(c1ccncc1N)C1CCCNC1. The van der Waals surface area contributed by atoms with Crippen LogP contribution in [0.5, 0.6) is 0 Å². The van der Waals surface area contributed by atoms with Crippen molar-refractivity contribution in [3.8, 4) is 0 Å². The van der Waals surface area contributed by atoms with Gasteiger partial charge in [-0.05, 0) is 46.2 Å². The van der Waals surface area contributed by atoms with Gasteiger partial charge in [0.1, 0.15) is 5.60 Å². The Morgan fingerprint density at radius 2 is 2.29 bits per heavy atom. The number of nitrogens with one attached hydrogen (secondary N) is 1. The summed E-state index contributed by atoms with van der Waals surface area (Å²) in [6.45, 7) is 7.29. The Bertz CT molecular complexity index is 493. The van der Waals surface area contributed by atoms with Crippen LogP contribution in [0.15, 0.2) is 18.5 Å². The monoisotopic (exact) mass is 292 g/mol. The number of nitrogens with zero attached hydrogens (tertiary/aromatic N) is 2. The minimum Gasteiger partial charge on any atom is -0.443 e. The van der Waals surface area contributed by atoms with Crippen molar-refractivity contribution in [3.05, 3.63) is 18.5 Å². The number of ether oxygens (including phenoxy) is 1. The number of piperidine rings is 1. The maximum Gasteiger partial charge on any atom is 0.415 e. The molecule has 2 heterocycles. The van der Waals surface area contributed by atoms with Crippen LogP contribution in [0.1, 0.15) is 33.6 Å². The molecule has 6 heteroatoms. The lowest BCUT2D eigenvalue weighted by Gasteiger charge is -2.36. The van der Waals surface area contributed by atoms with Crippen molar-refractivity contribution >= 4 is 17.5 Å². The number of carbonyl (C=O) groups is 1. The van der Waals surface area contributed by atoms with Gasteiger partial charge in [0.25, 0.3) is 0 Å². The van der Waals surface area contributed by atoms with E-state index >= 15 is 0 Å². The van der Waals surface area contributed by atoms with Crippen LogP contribution < -0.4 is 16.0 Å². The molecule has 0 aliphatic carbocycles. The van der Waals surface area contributed by atoms with Gasteiger partial charge < -0.3 is 15.8 Å². The van der Waals surface area contributed by atoms with Crippen molar-refractivity contribution in [3.63, 3.8) is 0 Å². The van der Waals surface area contributed by atoms with Gasteiger partial charge in [-0.3, -0.25) is 9.88 Å². The van der Waals surface area contributed by atoms with Crippen molar-refractivity contribution in [1.29, 1.82) is 0 Å². The van der Waals surface area contributed by atoms with Crippen LogP contribution in [0.2, 0.25) is 0 Å². The number of hydrogen-bond donors (Lipinski definition) is 2. The van der Waals surface area contributed by atoms with Gasteiger partial charge in [-0.1, -0.05) is 0 Å². The van der Waals surface area contributed by atoms with Crippen LogP contribution in [0.4, 0.5) is 16.2 Å². The zero-order valence-electron chi connectivity index (χ0n) is 12.9. The molecule has 0 bridgehead atoms. The minimum absolute atomic E-state index is 0.0401. The lowest BCUT2D eigenvalue weighted by Crippen LogP contribution is -2.50. The zero-order valence-corrected chi connectivity index (χ0v) is 12.9. The summed E-state index contributed by atoms with van der Waals surface area (Å²) in [7, 11) is 0. The molecule has 0 spiro atoms. The average molecular weight is 292 g/mol. The van der Waals surface area contributed by atoms with Crippen molar-refractivity contribution in [1.82, 2.24) is 10.3 Å². The van der Waals surface area contributed by atoms with E-state index in [-0.39, 0.29) is 12.1 Å². The molecule has 116 valence electrons. The highest BCUT2D eigenvalue weighted by Gasteiger charge is 2.31. The van der Waals surface area contributed by atoms with Gasteiger partial charge in [-0.15, -0.1) is 0 Å². The van der Waals surface area contributed by atoms with Gasteiger partial charge in [0, 0.05) is 12.7 Å². The Morgan fingerprint density at radius 3 is 2.86 bits per heavy atom. The molecular formula is C15H24N4O2. The Balaban J connectivity index is 2.30. The molecule has 1 saturated heterocycles. The number of rotatable bonds is 2. The molecule has 0 saturated carbocycles. The van der Waals surface area contributed by atoms with Crippen LogP contribution in [-0.2, 0) is 4.74 Å². The van der Waals surface area contributed by atoms with E-state index in [1.165, 1.54) is 0 Å². The first kappa shape index (κ1) is 15.6. The van der Waals surface area contributed by atoms with E-state index in [9.17, 15) is 4.79 Å². The zero-order chi connectivity index (χ0) is 15.5. The number of aromatic nitrogens is 1. The molecule has 1 atom stereocenters. The Hall–Kier alpha value is -1.82. The summed E-state index contributed by atoms with van der Waals surface area (Å²) < 4.78 is 5.55. The second-order valence-corrected chi connectivity index (χ2v) is 6.29. The van der Waals surface area contributed by atoms with E-state index in [0.717, 1.165) is 25.9 Å². The Labute approximate surface area is 125 Å². The van der Waals surface area contributed by atoms with Crippen molar-refractivity contribution in [2.75, 3.05) is 23.7 Å². The van der Waals surface area contributed by atoms with Gasteiger partial charge >= 0.3 is 6.09 Å². The van der Waals surface area contributed by atoms with E-state index in [2.05, 4.69) is 10.3 Å². The van der Waals surface area contributed by atoms with Crippen LogP contribution in [0, 0.1) is 0 Å². The summed E-state index contributed by atoms with van der Waals surface area (Å²) in [5, 5.41) is 3.32. The first-order chi connectivity index (χ1) is 9.88. The first-order valence-electron chi connectivity index (χ1n) is 7.31. The second kappa shape index (κ2) is 6.30. The first-order valence-corrected chi connectivity index (χ1v) is 7.31. The maximum absolute atomic E-state index is 12.6. The standard InChI is InChI=1S/C15H24N4O2/c1-15(2,3)21-14(20)19(11-5-4-7-17-9-11)13-6-8-18-10-12(13)16/h6,8,10-11,17H,4-5,7,9,16H2,1-3H3. The molecule has 1 aliphatic rings. The molecule has 1 aliphatic heterocycles. The number of hydrogen-bond acceptors (Lipinski definition) is 5. The van der Waals surface area contributed by atoms with Crippen LogP contribution in [-0.4, -0.2) is 35.8 Å². The smallest absolute Gasteiger partial charge is 0.415 e. The molecule has 1 unspecified atom stereocenters. The Morgan fingerprint density at radius 1 is 1.52 bits per heavy atom. The summed E-state index contributed by atoms with van der Waals surface area (Å²) in [5.41, 5.74) is 6.60. The second-order valence-electron chi connectivity index (χ2n) is 6.29. The summed E-state index contributed by atoms with van der Waals surface area (Å²) in [6, 6.07) is 1.80. The number of nitrogens with two attached hydrogens (primary N) is 1. The van der Waals surface area contributed by atoms with Crippen molar-refractivity contribution < 1.29 is 9.53 Å². The molecule has 2 rings (SSSR count). The largest absolute Gasteiger partial charge is 0.443 e. The number of pyridine rings is 1. The highest BCUT2D eigenvalue weighted by molar-refractivity contribution is 5.92. The molecule has 1 fully saturated rings. The summed E-state index contributed by atoms with van der Waals surface area (Å²) in [4.78, 5) is 18.3. The highest BCUT2D eigenvalue weighted by Crippen LogP contribution is 2.28. The summed E-state index contributed by atoms with van der Waals surface area (Å²) >= 11 is 0. The number of nitrogen functional groups attached to an aromatic ring is 1. The van der Waals surface area contributed by atoms with Gasteiger partial charge in [-0.25, -0.2) is 4.79 Å². The lowest BCUT2D eigenvalue weighted by atomic mass is 10.1. The van der Waals surface area contributed by atoms with Crippen LogP contribution in [0.3, 0.4) is 0 Å². The molecule has 1 aromatic heterocycles. The third-order valence-electron chi connectivity index (χ3n) is 3.31. The third-order valence-corrected chi connectivity index (χ3v) is 3.31. The molecule has 3 N–H and O–H groups in total. The molecule has 0 aromatic carbocycles. The predicted octanol–water partition coefficient (Wildman–Crippen LogP) is 2.16. The molecule has 1 aromatic rings. The fraction of sp³-hybridized carbons (Fsp3) is 0.600. The van der Waals surface area contributed by atoms with Crippen molar-refractivity contribution in [2.45, 2.75) is 45.3 Å². The quantitative estimate of drug-likeness (QED) is 0.873. The van der Waals surface area contributed by atoms with E-state index in [1.54, 1.807) is 23.4 Å². The normalized spacial score (nSPS) is 19.1. The van der Waals surface area contributed by atoms with Gasteiger partial charge in [0.2, 0.25) is 0 Å². The Kier molecular flexibility index (Phi) is 4.67. The van der Waals surface area contributed by atoms with E-state index < -0.39 is 5.60 Å². The molecular weight excluding hydrogens is 268 g/mol. The summed E-state index contributed by atoms with van der Waals surface area (Å²) in [6.07, 6.45) is 4.78.